The average molecular weight is 175 g/mol. The first-order valence-electron chi connectivity index (χ1n) is 4.44. The standard InChI is InChI=1S/C8H17NO3/c10-4-2-1-3-9-7-5-12-6-8(7)11/h7-11H,1-6H2. The lowest BCUT2D eigenvalue weighted by molar-refractivity contribution is 0.122. The topological polar surface area (TPSA) is 61.7 Å². The largest absolute Gasteiger partial charge is 0.396 e. The van der Waals surface area contributed by atoms with E-state index in [1.165, 1.54) is 0 Å². The van der Waals surface area contributed by atoms with Crippen molar-refractivity contribution in [1.82, 2.24) is 5.32 Å². The van der Waals surface area contributed by atoms with Crippen molar-refractivity contribution in [3.63, 3.8) is 0 Å². The van der Waals surface area contributed by atoms with E-state index in [9.17, 15) is 5.11 Å². The zero-order valence-electron chi connectivity index (χ0n) is 7.20. The molecule has 0 spiro atoms. The molecule has 0 amide bonds. The van der Waals surface area contributed by atoms with Crippen molar-refractivity contribution in [2.45, 2.75) is 25.0 Å². The second-order valence-corrected chi connectivity index (χ2v) is 3.10. The highest BCUT2D eigenvalue weighted by atomic mass is 16.5. The van der Waals surface area contributed by atoms with Crippen molar-refractivity contribution in [2.24, 2.45) is 0 Å². The highest BCUT2D eigenvalue weighted by Crippen LogP contribution is 2.04. The molecule has 1 fully saturated rings. The van der Waals surface area contributed by atoms with Gasteiger partial charge in [0.1, 0.15) is 0 Å². The van der Waals surface area contributed by atoms with Gasteiger partial charge < -0.3 is 20.3 Å². The summed E-state index contributed by atoms with van der Waals surface area (Å²) in [5.74, 6) is 0. The number of rotatable bonds is 5. The molecule has 12 heavy (non-hydrogen) atoms. The van der Waals surface area contributed by atoms with Gasteiger partial charge in [-0.15, -0.1) is 0 Å². The first kappa shape index (κ1) is 9.92. The molecule has 1 aliphatic rings. The summed E-state index contributed by atoms with van der Waals surface area (Å²) in [6.07, 6.45) is 1.40. The van der Waals surface area contributed by atoms with Crippen molar-refractivity contribution < 1.29 is 14.9 Å². The zero-order chi connectivity index (χ0) is 8.81. The quantitative estimate of drug-likeness (QED) is 0.474. The van der Waals surface area contributed by atoms with Gasteiger partial charge in [-0.1, -0.05) is 0 Å². The van der Waals surface area contributed by atoms with E-state index >= 15 is 0 Å². The Kier molecular flexibility index (Phi) is 4.53. The van der Waals surface area contributed by atoms with Crippen molar-refractivity contribution in [1.29, 1.82) is 0 Å². The number of unbranched alkanes of at least 4 members (excludes halogenated alkanes) is 1. The Hall–Kier alpha value is -0.160. The van der Waals surface area contributed by atoms with E-state index in [1.54, 1.807) is 0 Å². The van der Waals surface area contributed by atoms with Crippen LogP contribution in [0.2, 0.25) is 0 Å². The molecule has 1 aliphatic heterocycles. The SMILES string of the molecule is OCCCCNC1COCC1O. The molecule has 1 rings (SSSR count). The first-order chi connectivity index (χ1) is 5.84. The summed E-state index contributed by atoms with van der Waals surface area (Å²) in [7, 11) is 0. The number of hydrogen-bond donors (Lipinski definition) is 3. The molecular weight excluding hydrogens is 158 g/mol. The van der Waals surface area contributed by atoms with E-state index in [0.29, 0.717) is 13.2 Å². The summed E-state index contributed by atoms with van der Waals surface area (Å²) in [6, 6.07) is 0.0868. The van der Waals surface area contributed by atoms with Crippen molar-refractivity contribution in [2.75, 3.05) is 26.4 Å². The second-order valence-electron chi connectivity index (χ2n) is 3.10. The Morgan fingerprint density at radius 3 is 2.75 bits per heavy atom. The van der Waals surface area contributed by atoms with Gasteiger partial charge >= 0.3 is 0 Å². The minimum Gasteiger partial charge on any atom is -0.396 e. The van der Waals surface area contributed by atoms with Crippen molar-refractivity contribution in [3.05, 3.63) is 0 Å². The Bertz CT molecular complexity index is 121. The van der Waals surface area contributed by atoms with Crippen LogP contribution in [-0.4, -0.2) is 48.7 Å². The van der Waals surface area contributed by atoms with Gasteiger partial charge in [0.15, 0.2) is 0 Å². The van der Waals surface area contributed by atoms with Crippen LogP contribution in [0.5, 0.6) is 0 Å². The van der Waals surface area contributed by atoms with Crippen molar-refractivity contribution >= 4 is 0 Å². The lowest BCUT2D eigenvalue weighted by atomic mass is 10.2. The molecular formula is C8H17NO3. The number of aliphatic hydroxyl groups excluding tert-OH is 2. The molecule has 72 valence electrons. The summed E-state index contributed by atoms with van der Waals surface area (Å²) in [6.45, 7) is 2.12. The van der Waals surface area contributed by atoms with E-state index < -0.39 is 0 Å². The molecule has 4 heteroatoms. The van der Waals surface area contributed by atoms with Gasteiger partial charge in [-0.2, -0.15) is 0 Å². The fraction of sp³-hybridized carbons (Fsp3) is 1.00. The fourth-order valence-corrected chi connectivity index (χ4v) is 1.26. The van der Waals surface area contributed by atoms with E-state index in [4.69, 9.17) is 9.84 Å². The third-order valence-corrected chi connectivity index (χ3v) is 2.04. The molecule has 0 saturated carbocycles. The normalized spacial score (nSPS) is 29.5. The third-order valence-electron chi connectivity index (χ3n) is 2.04. The molecule has 0 radical (unpaired) electrons. The minimum absolute atomic E-state index is 0.0868. The number of nitrogens with one attached hydrogen (secondary N) is 1. The second kappa shape index (κ2) is 5.48. The number of aliphatic hydroxyl groups is 2. The Labute approximate surface area is 72.5 Å². The van der Waals surface area contributed by atoms with Crippen LogP contribution in [0.15, 0.2) is 0 Å². The molecule has 3 N–H and O–H groups in total. The number of hydrogen-bond acceptors (Lipinski definition) is 4. The predicted molar refractivity (Wildman–Crippen MR) is 44.9 cm³/mol. The van der Waals surface area contributed by atoms with Gasteiger partial charge in [-0.05, 0) is 19.4 Å². The van der Waals surface area contributed by atoms with E-state index in [2.05, 4.69) is 5.32 Å². The number of ether oxygens (including phenoxy) is 1. The monoisotopic (exact) mass is 175 g/mol. The smallest absolute Gasteiger partial charge is 0.0948 e. The molecule has 2 atom stereocenters. The van der Waals surface area contributed by atoms with Gasteiger partial charge in [0.05, 0.1) is 25.4 Å². The summed E-state index contributed by atoms with van der Waals surface area (Å²) < 4.78 is 5.06. The summed E-state index contributed by atoms with van der Waals surface area (Å²) in [5.41, 5.74) is 0. The highest BCUT2D eigenvalue weighted by molar-refractivity contribution is 4.80. The van der Waals surface area contributed by atoms with Crippen LogP contribution >= 0.6 is 0 Å². The van der Waals surface area contributed by atoms with Gasteiger partial charge in [0.2, 0.25) is 0 Å². The summed E-state index contributed by atoms with van der Waals surface area (Å²) in [4.78, 5) is 0. The highest BCUT2D eigenvalue weighted by Gasteiger charge is 2.24. The summed E-state index contributed by atoms with van der Waals surface area (Å²) >= 11 is 0. The fourth-order valence-electron chi connectivity index (χ4n) is 1.26. The molecule has 0 aromatic carbocycles. The maximum atomic E-state index is 9.31. The first-order valence-corrected chi connectivity index (χ1v) is 4.44. The maximum Gasteiger partial charge on any atom is 0.0948 e. The lowest BCUT2D eigenvalue weighted by Crippen LogP contribution is -2.39. The van der Waals surface area contributed by atoms with Gasteiger partial charge in [-0.25, -0.2) is 0 Å². The van der Waals surface area contributed by atoms with Gasteiger partial charge in [-0.3, -0.25) is 0 Å². The Morgan fingerprint density at radius 2 is 2.17 bits per heavy atom. The van der Waals surface area contributed by atoms with Crippen LogP contribution in [0, 0.1) is 0 Å². The molecule has 0 aliphatic carbocycles. The molecule has 0 aromatic rings. The van der Waals surface area contributed by atoms with Crippen LogP contribution in [0.4, 0.5) is 0 Å². The average Bonchev–Trinajstić information content (AvgIpc) is 2.46. The molecule has 0 bridgehead atoms. The van der Waals surface area contributed by atoms with Crippen LogP contribution in [0.3, 0.4) is 0 Å². The molecule has 2 unspecified atom stereocenters. The molecule has 1 saturated heterocycles. The lowest BCUT2D eigenvalue weighted by Gasteiger charge is -2.13. The van der Waals surface area contributed by atoms with E-state index in [-0.39, 0.29) is 18.8 Å². The van der Waals surface area contributed by atoms with Crippen LogP contribution in [0.1, 0.15) is 12.8 Å². The predicted octanol–water partition coefficient (Wildman–Crippen LogP) is -0.892. The van der Waals surface area contributed by atoms with E-state index in [0.717, 1.165) is 19.4 Å². The van der Waals surface area contributed by atoms with Crippen LogP contribution in [-0.2, 0) is 4.74 Å². The molecule has 1 heterocycles. The van der Waals surface area contributed by atoms with Gasteiger partial charge in [0.25, 0.3) is 0 Å². The van der Waals surface area contributed by atoms with Gasteiger partial charge in [0, 0.05) is 6.61 Å². The minimum atomic E-state index is -0.362. The summed E-state index contributed by atoms with van der Waals surface area (Å²) in [5, 5.41) is 21.0. The Balaban J connectivity index is 1.98. The maximum absolute atomic E-state index is 9.31. The molecule has 0 aromatic heterocycles. The van der Waals surface area contributed by atoms with Crippen molar-refractivity contribution in [3.8, 4) is 0 Å². The third kappa shape index (κ3) is 3.06. The Morgan fingerprint density at radius 1 is 1.33 bits per heavy atom. The molecule has 4 nitrogen and oxygen atoms in total. The van der Waals surface area contributed by atoms with Crippen LogP contribution in [0.25, 0.3) is 0 Å². The van der Waals surface area contributed by atoms with Crippen LogP contribution < -0.4 is 5.32 Å². The zero-order valence-corrected chi connectivity index (χ0v) is 7.20. The van der Waals surface area contributed by atoms with E-state index in [1.807, 2.05) is 0 Å².